The maximum atomic E-state index is 13.1. The van der Waals surface area contributed by atoms with Crippen LogP contribution in [0.5, 0.6) is 0 Å². The first-order valence-electron chi connectivity index (χ1n) is 11.8. The number of carboxylic acid groups (broad SMARTS) is 1. The molecule has 4 atom stereocenters. The largest absolute Gasteiger partial charge is 0.480 e. The number of aliphatic carboxylic acids is 1. The highest BCUT2D eigenvalue weighted by molar-refractivity contribution is 5.94. The highest BCUT2D eigenvalue weighted by Crippen LogP contribution is 2.08. The van der Waals surface area contributed by atoms with E-state index in [1.54, 1.807) is 13.8 Å². The topological polar surface area (TPSA) is 248 Å². The number of nitrogens with one attached hydrogen (secondary N) is 4. The lowest BCUT2D eigenvalue weighted by molar-refractivity contribution is -0.143. The van der Waals surface area contributed by atoms with Gasteiger partial charge in [-0.1, -0.05) is 13.8 Å². The van der Waals surface area contributed by atoms with Gasteiger partial charge in [0.15, 0.2) is 0 Å². The van der Waals surface area contributed by atoms with E-state index in [0.717, 1.165) is 0 Å². The number of rotatable bonds is 17. The molecular formula is C22H38N8O6. The molecule has 0 radical (unpaired) electrons. The standard InChI is InChI=1S/C22H38N8O6/c1-12(2)18(22(35)36)30-21(34)15(5-3-4-8-23)29-20(33)16(6-7-17(25)31)28-19(32)14(24)9-13-10-26-11-27-13/h10-12,14-16,18H,3-9,23-24H2,1-2H3,(H2,25,31)(H,26,27)(H,28,32)(H,29,33)(H,30,34)(H,35,36). The summed E-state index contributed by atoms with van der Waals surface area (Å²) in [5.41, 5.74) is 17.3. The van der Waals surface area contributed by atoms with Gasteiger partial charge in [0.1, 0.15) is 18.1 Å². The quantitative estimate of drug-likeness (QED) is 0.106. The molecule has 0 fully saturated rings. The summed E-state index contributed by atoms with van der Waals surface area (Å²) in [5, 5.41) is 16.9. The number of H-pyrrole nitrogens is 1. The van der Waals surface area contributed by atoms with Crippen molar-refractivity contribution in [2.24, 2.45) is 23.1 Å². The third kappa shape index (κ3) is 10.8. The summed E-state index contributed by atoms with van der Waals surface area (Å²) in [4.78, 5) is 68.1. The lowest BCUT2D eigenvalue weighted by Crippen LogP contribution is -2.57. The van der Waals surface area contributed by atoms with Crippen LogP contribution in [0.3, 0.4) is 0 Å². The zero-order valence-electron chi connectivity index (χ0n) is 20.7. The van der Waals surface area contributed by atoms with E-state index in [-0.39, 0.29) is 25.7 Å². The lowest BCUT2D eigenvalue weighted by atomic mass is 10.0. The van der Waals surface area contributed by atoms with E-state index in [0.29, 0.717) is 25.1 Å². The number of imidazole rings is 1. The molecule has 0 spiro atoms. The molecule has 4 unspecified atom stereocenters. The summed E-state index contributed by atoms with van der Waals surface area (Å²) in [5.74, 6) is -4.35. The van der Waals surface area contributed by atoms with Gasteiger partial charge in [-0.2, -0.15) is 0 Å². The molecule has 0 aliphatic rings. The van der Waals surface area contributed by atoms with Crippen LogP contribution in [-0.2, 0) is 30.4 Å². The van der Waals surface area contributed by atoms with Gasteiger partial charge in [0.05, 0.1) is 12.4 Å². The number of hydrogen-bond donors (Lipinski definition) is 8. The Morgan fingerprint density at radius 3 is 2.14 bits per heavy atom. The Bertz CT molecular complexity index is 876. The summed E-state index contributed by atoms with van der Waals surface area (Å²) in [7, 11) is 0. The average molecular weight is 511 g/mol. The molecule has 0 saturated heterocycles. The van der Waals surface area contributed by atoms with E-state index < -0.39 is 59.7 Å². The van der Waals surface area contributed by atoms with Gasteiger partial charge >= 0.3 is 5.97 Å². The minimum Gasteiger partial charge on any atom is -0.480 e. The van der Waals surface area contributed by atoms with Crippen molar-refractivity contribution >= 4 is 29.6 Å². The van der Waals surface area contributed by atoms with Gasteiger partial charge in [0, 0.05) is 24.7 Å². The van der Waals surface area contributed by atoms with Crippen molar-refractivity contribution in [1.82, 2.24) is 25.9 Å². The number of unbranched alkanes of at least 4 members (excludes halogenated alkanes) is 1. The molecule has 0 aromatic carbocycles. The molecule has 1 rings (SSSR count). The van der Waals surface area contributed by atoms with Crippen LogP contribution in [0.15, 0.2) is 12.5 Å². The zero-order chi connectivity index (χ0) is 27.3. The second-order valence-corrected chi connectivity index (χ2v) is 8.87. The number of nitrogens with two attached hydrogens (primary N) is 3. The molecule has 0 bridgehead atoms. The Labute approximate surface area is 209 Å². The molecular weight excluding hydrogens is 472 g/mol. The van der Waals surface area contributed by atoms with Gasteiger partial charge in [-0.3, -0.25) is 19.2 Å². The fraction of sp³-hybridized carbons (Fsp3) is 0.636. The van der Waals surface area contributed by atoms with Crippen LogP contribution >= 0.6 is 0 Å². The molecule has 36 heavy (non-hydrogen) atoms. The van der Waals surface area contributed by atoms with Crippen molar-refractivity contribution in [2.45, 2.75) is 76.5 Å². The number of amides is 4. The summed E-state index contributed by atoms with van der Waals surface area (Å²) in [6, 6.07) is -4.46. The molecule has 4 amide bonds. The lowest BCUT2D eigenvalue weighted by Gasteiger charge is -2.26. The smallest absolute Gasteiger partial charge is 0.326 e. The van der Waals surface area contributed by atoms with Gasteiger partial charge in [-0.15, -0.1) is 0 Å². The summed E-state index contributed by atoms with van der Waals surface area (Å²) in [6.07, 6.45) is 4.01. The normalized spacial score (nSPS) is 14.4. The van der Waals surface area contributed by atoms with Crippen LogP contribution in [0.2, 0.25) is 0 Å². The van der Waals surface area contributed by atoms with Crippen molar-refractivity contribution in [2.75, 3.05) is 6.54 Å². The monoisotopic (exact) mass is 510 g/mol. The minimum absolute atomic E-state index is 0.120. The van der Waals surface area contributed by atoms with E-state index in [2.05, 4.69) is 25.9 Å². The van der Waals surface area contributed by atoms with Crippen LogP contribution in [-0.4, -0.2) is 75.4 Å². The van der Waals surface area contributed by atoms with Crippen LogP contribution < -0.4 is 33.2 Å². The number of carbonyl (C=O) groups is 5. The van der Waals surface area contributed by atoms with Crippen molar-refractivity contribution in [3.05, 3.63) is 18.2 Å². The number of hydrogen-bond acceptors (Lipinski definition) is 8. The van der Waals surface area contributed by atoms with Crippen LogP contribution in [0, 0.1) is 5.92 Å². The van der Waals surface area contributed by atoms with E-state index in [1.165, 1.54) is 12.5 Å². The molecule has 0 saturated carbocycles. The number of aromatic nitrogens is 2. The molecule has 0 aliphatic carbocycles. The van der Waals surface area contributed by atoms with Gasteiger partial charge in [-0.25, -0.2) is 9.78 Å². The van der Waals surface area contributed by atoms with Crippen molar-refractivity contribution < 1.29 is 29.1 Å². The van der Waals surface area contributed by atoms with Crippen LogP contribution in [0.1, 0.15) is 51.6 Å². The van der Waals surface area contributed by atoms with Gasteiger partial charge < -0.3 is 43.2 Å². The number of carboxylic acids is 1. The Balaban J connectivity index is 2.98. The number of aromatic amines is 1. The number of carbonyl (C=O) groups excluding carboxylic acids is 4. The summed E-state index contributed by atoms with van der Waals surface area (Å²) < 4.78 is 0. The minimum atomic E-state index is -1.21. The van der Waals surface area contributed by atoms with Crippen molar-refractivity contribution in [3.8, 4) is 0 Å². The third-order valence-corrected chi connectivity index (χ3v) is 5.45. The Hall–Kier alpha value is -3.52. The second kappa shape index (κ2) is 15.5. The maximum Gasteiger partial charge on any atom is 0.326 e. The predicted molar refractivity (Wildman–Crippen MR) is 130 cm³/mol. The third-order valence-electron chi connectivity index (χ3n) is 5.45. The first-order chi connectivity index (χ1) is 17.0. The fourth-order valence-corrected chi connectivity index (χ4v) is 3.36. The highest BCUT2D eigenvalue weighted by Gasteiger charge is 2.31. The van der Waals surface area contributed by atoms with E-state index >= 15 is 0 Å². The Morgan fingerprint density at radius 1 is 1.00 bits per heavy atom. The number of primary amides is 1. The molecule has 1 aromatic heterocycles. The van der Waals surface area contributed by atoms with Gasteiger partial charge in [-0.05, 0) is 38.1 Å². The van der Waals surface area contributed by atoms with Gasteiger partial charge in [0.2, 0.25) is 23.6 Å². The highest BCUT2D eigenvalue weighted by atomic mass is 16.4. The molecule has 14 heteroatoms. The van der Waals surface area contributed by atoms with Crippen LogP contribution in [0.4, 0.5) is 0 Å². The SMILES string of the molecule is CC(C)C(NC(=O)C(CCCCN)NC(=O)C(CCC(N)=O)NC(=O)C(N)Cc1cnc[nH]1)C(=O)O. The first kappa shape index (κ1) is 30.5. The summed E-state index contributed by atoms with van der Waals surface area (Å²) in [6.45, 7) is 3.66. The predicted octanol–water partition coefficient (Wildman–Crippen LogP) is -2.13. The Kier molecular flexibility index (Phi) is 13.1. The molecule has 0 aliphatic heterocycles. The molecule has 202 valence electrons. The maximum absolute atomic E-state index is 13.1. The van der Waals surface area contributed by atoms with E-state index in [9.17, 15) is 29.1 Å². The molecule has 14 nitrogen and oxygen atoms in total. The molecule has 11 N–H and O–H groups in total. The van der Waals surface area contributed by atoms with Gasteiger partial charge in [0.25, 0.3) is 0 Å². The fourth-order valence-electron chi connectivity index (χ4n) is 3.36. The average Bonchev–Trinajstić information content (AvgIpc) is 3.31. The summed E-state index contributed by atoms with van der Waals surface area (Å²) >= 11 is 0. The first-order valence-corrected chi connectivity index (χ1v) is 11.8. The molecule has 1 heterocycles. The number of nitrogens with zero attached hydrogens (tertiary/aromatic N) is 1. The van der Waals surface area contributed by atoms with Crippen LogP contribution in [0.25, 0.3) is 0 Å². The molecule has 1 aromatic rings. The van der Waals surface area contributed by atoms with Crippen molar-refractivity contribution in [3.63, 3.8) is 0 Å². The van der Waals surface area contributed by atoms with E-state index in [4.69, 9.17) is 17.2 Å². The second-order valence-electron chi connectivity index (χ2n) is 8.87. The zero-order valence-corrected chi connectivity index (χ0v) is 20.7. The van der Waals surface area contributed by atoms with Crippen molar-refractivity contribution in [1.29, 1.82) is 0 Å². The Morgan fingerprint density at radius 2 is 1.61 bits per heavy atom. The van der Waals surface area contributed by atoms with E-state index in [1.807, 2.05) is 0 Å².